The highest BCUT2D eigenvalue weighted by atomic mass is 16.6. The standard InChI is InChI=1S/C11H13N3O4/c1-7-2-9(14(17)18)4-12-11(7)13-5-8(6-15)3-10(13)16/h2,4,8,15H,3,5-6H2,1H3. The molecule has 7 nitrogen and oxygen atoms in total. The zero-order valence-corrected chi connectivity index (χ0v) is 9.87. The molecule has 1 saturated heterocycles. The molecule has 0 saturated carbocycles. The second kappa shape index (κ2) is 4.69. The molecule has 7 heteroatoms. The smallest absolute Gasteiger partial charge is 0.287 e. The van der Waals surface area contributed by atoms with E-state index in [2.05, 4.69) is 4.98 Å². The van der Waals surface area contributed by atoms with Crippen LogP contribution in [0.3, 0.4) is 0 Å². The molecular formula is C11H13N3O4. The van der Waals surface area contributed by atoms with Crippen molar-refractivity contribution in [2.45, 2.75) is 13.3 Å². The van der Waals surface area contributed by atoms with Gasteiger partial charge in [-0.3, -0.25) is 19.8 Å². The molecule has 1 unspecified atom stereocenters. The topological polar surface area (TPSA) is 96.6 Å². The maximum atomic E-state index is 11.8. The molecule has 0 aromatic carbocycles. The summed E-state index contributed by atoms with van der Waals surface area (Å²) >= 11 is 0. The summed E-state index contributed by atoms with van der Waals surface area (Å²) in [6.45, 7) is 2.03. The third-order valence-corrected chi connectivity index (χ3v) is 2.97. The fourth-order valence-corrected chi connectivity index (χ4v) is 2.04. The van der Waals surface area contributed by atoms with E-state index >= 15 is 0 Å². The summed E-state index contributed by atoms with van der Waals surface area (Å²) in [5.41, 5.74) is 0.484. The SMILES string of the molecule is Cc1cc([N+](=O)[O-])cnc1N1CC(CO)CC1=O. The Morgan fingerprint density at radius 3 is 2.89 bits per heavy atom. The molecular weight excluding hydrogens is 238 g/mol. The van der Waals surface area contributed by atoms with Crippen molar-refractivity contribution in [3.63, 3.8) is 0 Å². The van der Waals surface area contributed by atoms with Crippen molar-refractivity contribution < 1.29 is 14.8 Å². The van der Waals surface area contributed by atoms with Crippen molar-refractivity contribution in [3.8, 4) is 0 Å². The average Bonchev–Trinajstić information content (AvgIpc) is 2.70. The number of aromatic nitrogens is 1. The molecule has 2 heterocycles. The average molecular weight is 251 g/mol. The van der Waals surface area contributed by atoms with Crippen LogP contribution in [0.5, 0.6) is 0 Å². The van der Waals surface area contributed by atoms with Gasteiger partial charge in [-0.15, -0.1) is 0 Å². The van der Waals surface area contributed by atoms with Crippen LogP contribution < -0.4 is 4.90 Å². The van der Waals surface area contributed by atoms with Crippen LogP contribution in [-0.2, 0) is 4.79 Å². The molecule has 0 aliphatic carbocycles. The molecule has 1 aliphatic rings. The Balaban J connectivity index is 2.29. The maximum Gasteiger partial charge on any atom is 0.287 e. The van der Waals surface area contributed by atoms with E-state index < -0.39 is 4.92 Å². The van der Waals surface area contributed by atoms with Crippen LogP contribution in [0.15, 0.2) is 12.3 Å². The molecule has 18 heavy (non-hydrogen) atoms. The Labute approximate surface area is 103 Å². The Morgan fingerprint density at radius 1 is 1.67 bits per heavy atom. The van der Waals surface area contributed by atoms with Gasteiger partial charge in [0.15, 0.2) is 0 Å². The zero-order chi connectivity index (χ0) is 13.3. The van der Waals surface area contributed by atoms with Crippen molar-refractivity contribution >= 4 is 17.4 Å². The van der Waals surface area contributed by atoms with Gasteiger partial charge in [0.25, 0.3) is 5.69 Å². The molecule has 1 amide bonds. The highest BCUT2D eigenvalue weighted by molar-refractivity contribution is 5.95. The highest BCUT2D eigenvalue weighted by Gasteiger charge is 2.32. The number of hydrogen-bond acceptors (Lipinski definition) is 5. The Morgan fingerprint density at radius 2 is 2.39 bits per heavy atom. The number of carbonyl (C=O) groups excluding carboxylic acids is 1. The minimum atomic E-state index is -0.522. The van der Waals surface area contributed by atoms with E-state index in [0.717, 1.165) is 6.20 Å². The van der Waals surface area contributed by atoms with Crippen LogP contribution in [0.2, 0.25) is 0 Å². The Hall–Kier alpha value is -2.02. The molecule has 1 N–H and O–H groups in total. The molecule has 1 aliphatic heterocycles. The van der Waals surface area contributed by atoms with E-state index in [1.807, 2.05) is 0 Å². The van der Waals surface area contributed by atoms with Crippen molar-refractivity contribution in [1.29, 1.82) is 0 Å². The summed E-state index contributed by atoms with van der Waals surface area (Å²) in [5.74, 6) is 0.231. The number of aliphatic hydroxyl groups is 1. The minimum Gasteiger partial charge on any atom is -0.396 e. The molecule has 1 aromatic heterocycles. The van der Waals surface area contributed by atoms with Crippen molar-refractivity contribution in [3.05, 3.63) is 27.9 Å². The summed E-state index contributed by atoms with van der Waals surface area (Å²) in [5, 5.41) is 19.6. The van der Waals surface area contributed by atoms with E-state index in [4.69, 9.17) is 5.11 Å². The van der Waals surface area contributed by atoms with Crippen LogP contribution >= 0.6 is 0 Å². The summed E-state index contributed by atoms with van der Waals surface area (Å²) in [6, 6.07) is 1.39. The number of amides is 1. The van der Waals surface area contributed by atoms with Crippen LogP contribution in [0, 0.1) is 23.0 Å². The number of rotatable bonds is 3. The van der Waals surface area contributed by atoms with E-state index in [-0.39, 0.29) is 30.5 Å². The van der Waals surface area contributed by atoms with Crippen molar-refractivity contribution in [2.75, 3.05) is 18.1 Å². The number of hydrogen-bond donors (Lipinski definition) is 1. The van der Waals surface area contributed by atoms with Gasteiger partial charge in [-0.2, -0.15) is 0 Å². The molecule has 1 fully saturated rings. The van der Waals surface area contributed by atoms with Crippen LogP contribution in [0.25, 0.3) is 0 Å². The number of nitro groups is 1. The fraction of sp³-hybridized carbons (Fsp3) is 0.455. The first-order chi connectivity index (χ1) is 8.52. The number of aliphatic hydroxyl groups excluding tert-OH is 1. The summed E-state index contributed by atoms with van der Waals surface area (Å²) in [4.78, 5) is 27.3. The first-order valence-corrected chi connectivity index (χ1v) is 5.55. The Kier molecular flexibility index (Phi) is 3.24. The van der Waals surface area contributed by atoms with Crippen LogP contribution in [0.4, 0.5) is 11.5 Å². The van der Waals surface area contributed by atoms with Gasteiger partial charge >= 0.3 is 0 Å². The van der Waals surface area contributed by atoms with E-state index in [0.29, 0.717) is 17.9 Å². The van der Waals surface area contributed by atoms with E-state index in [9.17, 15) is 14.9 Å². The molecule has 1 aromatic rings. The maximum absolute atomic E-state index is 11.8. The number of anilines is 1. The number of carbonyl (C=O) groups is 1. The first kappa shape index (κ1) is 12.4. The zero-order valence-electron chi connectivity index (χ0n) is 9.87. The van der Waals surface area contributed by atoms with Gasteiger partial charge in [0.1, 0.15) is 12.0 Å². The fourth-order valence-electron chi connectivity index (χ4n) is 2.04. The van der Waals surface area contributed by atoms with E-state index in [1.165, 1.54) is 11.0 Å². The highest BCUT2D eigenvalue weighted by Crippen LogP contribution is 2.27. The van der Waals surface area contributed by atoms with Gasteiger partial charge < -0.3 is 5.11 Å². The van der Waals surface area contributed by atoms with Crippen molar-refractivity contribution in [1.82, 2.24) is 4.98 Å². The summed E-state index contributed by atoms with van der Waals surface area (Å²) in [7, 11) is 0. The van der Waals surface area contributed by atoms with E-state index in [1.54, 1.807) is 6.92 Å². The van der Waals surface area contributed by atoms with Gasteiger partial charge in [-0.1, -0.05) is 0 Å². The van der Waals surface area contributed by atoms with Gasteiger partial charge in [0.05, 0.1) is 4.92 Å². The summed E-state index contributed by atoms with van der Waals surface area (Å²) < 4.78 is 0. The predicted molar refractivity (Wildman–Crippen MR) is 63.2 cm³/mol. The lowest BCUT2D eigenvalue weighted by molar-refractivity contribution is -0.385. The molecule has 0 spiro atoms. The lowest BCUT2D eigenvalue weighted by Crippen LogP contribution is -2.26. The van der Waals surface area contributed by atoms with Gasteiger partial charge in [0.2, 0.25) is 5.91 Å². The lowest BCUT2D eigenvalue weighted by Gasteiger charge is -2.17. The molecule has 0 bridgehead atoms. The first-order valence-electron chi connectivity index (χ1n) is 5.55. The quantitative estimate of drug-likeness (QED) is 0.628. The van der Waals surface area contributed by atoms with Gasteiger partial charge in [-0.05, 0) is 12.5 Å². The van der Waals surface area contributed by atoms with Gasteiger partial charge in [0, 0.05) is 31.6 Å². The second-order valence-electron chi connectivity index (χ2n) is 4.35. The second-order valence-corrected chi connectivity index (χ2v) is 4.35. The lowest BCUT2D eigenvalue weighted by atomic mass is 10.1. The number of aryl methyl sites for hydroxylation is 1. The predicted octanol–water partition coefficient (Wildman–Crippen LogP) is 0.643. The molecule has 0 radical (unpaired) electrons. The number of pyridine rings is 1. The molecule has 96 valence electrons. The van der Waals surface area contributed by atoms with Crippen LogP contribution in [0.1, 0.15) is 12.0 Å². The van der Waals surface area contributed by atoms with Crippen LogP contribution in [-0.4, -0.2) is 34.1 Å². The molecule has 1 atom stereocenters. The third kappa shape index (κ3) is 2.17. The normalized spacial score (nSPS) is 19.3. The minimum absolute atomic E-state index is 0.0474. The monoisotopic (exact) mass is 251 g/mol. The third-order valence-electron chi connectivity index (χ3n) is 2.97. The van der Waals surface area contributed by atoms with Gasteiger partial charge in [-0.25, -0.2) is 4.98 Å². The Bertz CT molecular complexity index is 503. The molecule has 2 rings (SSSR count). The largest absolute Gasteiger partial charge is 0.396 e. The van der Waals surface area contributed by atoms with Crippen molar-refractivity contribution in [2.24, 2.45) is 5.92 Å². The summed E-state index contributed by atoms with van der Waals surface area (Å²) in [6.07, 6.45) is 1.43. The number of nitrogens with zero attached hydrogens (tertiary/aromatic N) is 3.